The van der Waals surface area contributed by atoms with E-state index in [2.05, 4.69) is 15.2 Å². The van der Waals surface area contributed by atoms with Crippen molar-refractivity contribution in [3.63, 3.8) is 0 Å². The minimum Gasteiger partial charge on any atom is -0.357 e. The largest absolute Gasteiger partial charge is 0.357 e. The lowest BCUT2D eigenvalue weighted by atomic mass is 10.0. The fraction of sp³-hybridized carbons (Fsp3) is 0.409. The average Bonchev–Trinajstić information content (AvgIpc) is 2.69. The van der Waals surface area contributed by atoms with E-state index in [1.54, 1.807) is 6.20 Å². The first kappa shape index (κ1) is 19.1. The molecule has 5 heteroatoms. The Labute approximate surface area is 160 Å². The predicted octanol–water partition coefficient (Wildman–Crippen LogP) is 4.29. The number of rotatable bonds is 6. The summed E-state index contributed by atoms with van der Waals surface area (Å²) in [4.78, 5) is 31.2. The Bertz CT molecular complexity index is 809. The van der Waals surface area contributed by atoms with Crippen molar-refractivity contribution in [2.45, 2.75) is 46.0 Å². The van der Waals surface area contributed by atoms with E-state index in [0.717, 1.165) is 30.0 Å². The minimum atomic E-state index is -0.167. The van der Waals surface area contributed by atoms with Crippen molar-refractivity contribution in [2.24, 2.45) is 0 Å². The van der Waals surface area contributed by atoms with Crippen molar-refractivity contribution in [2.75, 3.05) is 23.3 Å². The zero-order valence-corrected chi connectivity index (χ0v) is 16.1. The first-order valence-corrected chi connectivity index (χ1v) is 9.64. The van der Waals surface area contributed by atoms with Crippen LogP contribution in [-0.4, -0.2) is 29.8 Å². The van der Waals surface area contributed by atoms with Gasteiger partial charge in [-0.05, 0) is 62.4 Å². The van der Waals surface area contributed by atoms with Crippen molar-refractivity contribution in [1.29, 1.82) is 0 Å². The fourth-order valence-corrected chi connectivity index (χ4v) is 3.28. The number of hydrogen-bond acceptors (Lipinski definition) is 4. The van der Waals surface area contributed by atoms with E-state index < -0.39 is 0 Å². The fourth-order valence-electron chi connectivity index (χ4n) is 3.28. The van der Waals surface area contributed by atoms with Crippen molar-refractivity contribution < 1.29 is 9.59 Å². The Hall–Kier alpha value is -2.69. The van der Waals surface area contributed by atoms with Gasteiger partial charge in [-0.3, -0.25) is 9.59 Å². The molecule has 0 radical (unpaired) electrons. The maximum atomic E-state index is 12.3. The topological polar surface area (TPSA) is 62.3 Å². The number of ketones is 1. The summed E-state index contributed by atoms with van der Waals surface area (Å²) in [5.41, 5.74) is 3.58. The number of piperidine rings is 1. The quantitative estimate of drug-likeness (QED) is 0.776. The van der Waals surface area contributed by atoms with Crippen LogP contribution in [0.1, 0.15) is 53.6 Å². The molecule has 1 saturated heterocycles. The third kappa shape index (κ3) is 5.16. The highest BCUT2D eigenvalue weighted by Crippen LogP contribution is 2.19. The molecule has 2 aromatic rings. The third-order valence-electron chi connectivity index (χ3n) is 5.12. The van der Waals surface area contributed by atoms with Gasteiger partial charge in [-0.1, -0.05) is 12.1 Å². The van der Waals surface area contributed by atoms with Crippen LogP contribution in [0.3, 0.4) is 0 Å². The number of nitrogens with zero attached hydrogens (tertiary/aromatic N) is 2. The molecule has 5 nitrogen and oxygen atoms in total. The molecule has 0 saturated carbocycles. The Kier molecular flexibility index (Phi) is 6.22. The molecule has 1 aliphatic rings. The predicted molar refractivity (Wildman–Crippen MR) is 108 cm³/mol. The van der Waals surface area contributed by atoms with Gasteiger partial charge in [0, 0.05) is 31.5 Å². The monoisotopic (exact) mass is 365 g/mol. The van der Waals surface area contributed by atoms with E-state index in [9.17, 15) is 9.59 Å². The molecule has 1 N–H and O–H groups in total. The minimum absolute atomic E-state index is 0.00757. The number of carbonyl (C=O) groups excluding carboxylic acids is 2. The molecule has 0 bridgehead atoms. The van der Waals surface area contributed by atoms with Crippen molar-refractivity contribution in [1.82, 2.24) is 4.98 Å². The van der Waals surface area contributed by atoms with E-state index >= 15 is 0 Å². The molecule has 1 fully saturated rings. The Morgan fingerprint density at radius 2 is 1.78 bits per heavy atom. The second kappa shape index (κ2) is 8.80. The second-order valence-electron chi connectivity index (χ2n) is 7.22. The van der Waals surface area contributed by atoms with Gasteiger partial charge in [0.1, 0.15) is 5.82 Å². The molecule has 0 atom stereocenters. The number of hydrogen-bond donors (Lipinski definition) is 1. The third-order valence-corrected chi connectivity index (χ3v) is 5.12. The highest BCUT2D eigenvalue weighted by Gasteiger charge is 2.13. The summed E-state index contributed by atoms with van der Waals surface area (Å²) in [7, 11) is 0. The van der Waals surface area contributed by atoms with E-state index in [1.807, 2.05) is 44.2 Å². The summed E-state index contributed by atoms with van der Waals surface area (Å²) < 4.78 is 0. The van der Waals surface area contributed by atoms with Gasteiger partial charge in [-0.25, -0.2) is 4.98 Å². The first-order valence-electron chi connectivity index (χ1n) is 9.64. The maximum absolute atomic E-state index is 12.3. The summed E-state index contributed by atoms with van der Waals surface area (Å²) >= 11 is 0. The molecule has 0 unspecified atom stereocenters. The van der Waals surface area contributed by atoms with Crippen molar-refractivity contribution in [3.8, 4) is 0 Å². The number of Topliss-reactive ketones (excluding diaryl/α,β-unsaturated/α-hetero) is 1. The second-order valence-corrected chi connectivity index (χ2v) is 7.22. The lowest BCUT2D eigenvalue weighted by molar-refractivity contribution is -0.116. The number of anilines is 2. The summed E-state index contributed by atoms with van der Waals surface area (Å²) in [5, 5.41) is 2.83. The number of aryl methyl sites for hydroxylation is 2. The number of benzene rings is 1. The van der Waals surface area contributed by atoms with Gasteiger partial charge in [-0.2, -0.15) is 0 Å². The Balaban J connectivity index is 1.50. The number of nitrogens with one attached hydrogen (secondary N) is 1. The van der Waals surface area contributed by atoms with E-state index in [4.69, 9.17) is 0 Å². The molecule has 0 aliphatic carbocycles. The molecule has 3 rings (SSSR count). The van der Waals surface area contributed by atoms with Gasteiger partial charge in [0.25, 0.3) is 0 Å². The van der Waals surface area contributed by atoms with Crippen molar-refractivity contribution in [3.05, 3.63) is 53.2 Å². The van der Waals surface area contributed by atoms with E-state index in [-0.39, 0.29) is 24.5 Å². The summed E-state index contributed by atoms with van der Waals surface area (Å²) in [6.45, 7) is 6.08. The Morgan fingerprint density at radius 1 is 1.00 bits per heavy atom. The molecule has 1 aliphatic heterocycles. The molecular formula is C22H27N3O2. The van der Waals surface area contributed by atoms with Crippen LogP contribution >= 0.6 is 0 Å². The van der Waals surface area contributed by atoms with Crippen LogP contribution in [0, 0.1) is 13.8 Å². The molecule has 27 heavy (non-hydrogen) atoms. The molecule has 142 valence electrons. The van der Waals surface area contributed by atoms with Crippen molar-refractivity contribution >= 4 is 23.2 Å². The zero-order valence-electron chi connectivity index (χ0n) is 16.1. The molecule has 1 aromatic heterocycles. The van der Waals surface area contributed by atoms with Crippen LogP contribution in [0.4, 0.5) is 11.5 Å². The SMILES string of the molecule is Cc1ccc(C(=O)CCC(=O)Nc2ccc(N3CCCCC3)nc2)cc1C. The van der Waals surface area contributed by atoms with Crippen LogP contribution in [0.5, 0.6) is 0 Å². The molecule has 1 aromatic carbocycles. The van der Waals surface area contributed by atoms with E-state index in [1.165, 1.54) is 19.3 Å². The number of pyridine rings is 1. The summed E-state index contributed by atoms with van der Waals surface area (Å²) in [6, 6.07) is 9.48. The average molecular weight is 365 g/mol. The summed E-state index contributed by atoms with van der Waals surface area (Å²) in [5.74, 6) is 0.782. The standard InChI is InChI=1S/C22H27N3O2/c1-16-6-7-18(14-17(16)2)20(26)9-11-22(27)24-19-8-10-21(23-15-19)25-12-4-3-5-13-25/h6-8,10,14-15H,3-5,9,11-13H2,1-2H3,(H,24,27). The lowest BCUT2D eigenvalue weighted by Gasteiger charge is -2.27. The molecule has 2 heterocycles. The van der Waals surface area contributed by atoms with Crippen LogP contribution in [0.25, 0.3) is 0 Å². The molecular weight excluding hydrogens is 338 g/mol. The van der Waals surface area contributed by atoms with Gasteiger partial charge < -0.3 is 10.2 Å². The van der Waals surface area contributed by atoms with Gasteiger partial charge in [0.15, 0.2) is 5.78 Å². The normalized spacial score (nSPS) is 14.1. The van der Waals surface area contributed by atoms with Gasteiger partial charge in [0.05, 0.1) is 11.9 Å². The number of amides is 1. The lowest BCUT2D eigenvalue weighted by Crippen LogP contribution is -2.30. The molecule has 0 spiro atoms. The number of aromatic nitrogens is 1. The smallest absolute Gasteiger partial charge is 0.224 e. The number of carbonyl (C=O) groups is 2. The van der Waals surface area contributed by atoms with E-state index in [0.29, 0.717) is 11.3 Å². The maximum Gasteiger partial charge on any atom is 0.224 e. The Morgan fingerprint density at radius 3 is 2.44 bits per heavy atom. The van der Waals surface area contributed by atoms with Gasteiger partial charge in [-0.15, -0.1) is 0 Å². The van der Waals surface area contributed by atoms with Crippen LogP contribution in [0.15, 0.2) is 36.5 Å². The van der Waals surface area contributed by atoms with Gasteiger partial charge >= 0.3 is 0 Å². The van der Waals surface area contributed by atoms with Crippen LogP contribution in [-0.2, 0) is 4.79 Å². The van der Waals surface area contributed by atoms with Crippen LogP contribution in [0.2, 0.25) is 0 Å². The molecule has 1 amide bonds. The zero-order chi connectivity index (χ0) is 19.2. The van der Waals surface area contributed by atoms with Gasteiger partial charge in [0.2, 0.25) is 5.91 Å². The van der Waals surface area contributed by atoms with Crippen LogP contribution < -0.4 is 10.2 Å². The first-order chi connectivity index (χ1) is 13.0. The highest BCUT2D eigenvalue weighted by molar-refractivity contribution is 6.00. The summed E-state index contributed by atoms with van der Waals surface area (Å²) in [6.07, 6.45) is 5.75. The highest BCUT2D eigenvalue weighted by atomic mass is 16.2.